The van der Waals surface area contributed by atoms with Gasteiger partial charge in [0.15, 0.2) is 0 Å². The molecular weight excluding hydrogens is 244 g/mol. The predicted octanol–water partition coefficient (Wildman–Crippen LogP) is -0.0141. The van der Waals surface area contributed by atoms with Crippen LogP contribution in [0.5, 0.6) is 0 Å². The number of piperidine rings is 1. The van der Waals surface area contributed by atoms with Crippen LogP contribution in [0.15, 0.2) is 0 Å². The summed E-state index contributed by atoms with van der Waals surface area (Å²) in [6, 6.07) is 0.228. The predicted molar refractivity (Wildman–Crippen MR) is 72.5 cm³/mol. The molecule has 0 aromatic rings. The first-order valence-electron chi connectivity index (χ1n) is 7.06. The smallest absolute Gasteiger partial charge is 0.314 e. The molecule has 0 aromatic carbocycles. The molecule has 6 heteroatoms. The van der Waals surface area contributed by atoms with E-state index in [1.165, 1.54) is 0 Å². The zero-order chi connectivity index (χ0) is 14.0. The number of hydrogen-bond acceptors (Lipinski definition) is 3. The molecule has 6 nitrogen and oxygen atoms in total. The summed E-state index contributed by atoms with van der Waals surface area (Å²) in [6.45, 7) is 6.82. The first kappa shape index (κ1) is 14.1. The standard InChI is InChI=1S/C13H24N4O2/c1-9-6-17(7-10(2)15-9)12(18)11-4-3-5-16(8-11)13(14)19/h9-11,15H,3-8H2,1-2H3,(H2,14,19). The summed E-state index contributed by atoms with van der Waals surface area (Å²) >= 11 is 0. The lowest BCUT2D eigenvalue weighted by atomic mass is 9.95. The highest BCUT2D eigenvalue weighted by atomic mass is 16.2. The average Bonchev–Trinajstić information content (AvgIpc) is 2.37. The fourth-order valence-electron chi connectivity index (χ4n) is 3.14. The minimum absolute atomic E-state index is 0.0845. The molecule has 108 valence electrons. The van der Waals surface area contributed by atoms with Crippen molar-refractivity contribution in [2.45, 2.75) is 38.8 Å². The van der Waals surface area contributed by atoms with E-state index in [9.17, 15) is 9.59 Å². The zero-order valence-electron chi connectivity index (χ0n) is 11.8. The molecule has 2 aliphatic rings. The summed E-state index contributed by atoms with van der Waals surface area (Å²) in [4.78, 5) is 27.3. The third-order valence-corrected chi connectivity index (χ3v) is 3.95. The Kier molecular flexibility index (Phi) is 4.29. The lowest BCUT2D eigenvalue weighted by Crippen LogP contribution is -2.58. The van der Waals surface area contributed by atoms with E-state index in [0.29, 0.717) is 25.2 Å². The molecular formula is C13H24N4O2. The summed E-state index contributed by atoms with van der Waals surface area (Å²) in [7, 11) is 0. The number of primary amides is 1. The molecule has 3 unspecified atom stereocenters. The molecule has 2 aliphatic heterocycles. The minimum Gasteiger partial charge on any atom is -0.351 e. The SMILES string of the molecule is CC1CN(C(=O)C2CCCN(C(N)=O)C2)CC(C)N1. The van der Waals surface area contributed by atoms with E-state index in [1.807, 2.05) is 4.90 Å². The van der Waals surface area contributed by atoms with E-state index in [1.54, 1.807) is 4.90 Å². The molecule has 3 atom stereocenters. The Bertz CT molecular complexity index is 351. The topological polar surface area (TPSA) is 78.7 Å². The van der Waals surface area contributed by atoms with Crippen molar-refractivity contribution in [3.05, 3.63) is 0 Å². The average molecular weight is 268 g/mol. The van der Waals surface area contributed by atoms with Gasteiger partial charge >= 0.3 is 6.03 Å². The molecule has 0 aromatic heterocycles. The highest BCUT2D eigenvalue weighted by Crippen LogP contribution is 2.20. The Morgan fingerprint density at radius 3 is 2.32 bits per heavy atom. The van der Waals surface area contributed by atoms with Gasteiger partial charge in [0.25, 0.3) is 0 Å². The minimum atomic E-state index is -0.417. The normalized spacial score (nSPS) is 32.2. The number of piperazine rings is 1. The fraction of sp³-hybridized carbons (Fsp3) is 0.846. The van der Waals surface area contributed by atoms with Crippen molar-refractivity contribution in [1.29, 1.82) is 0 Å². The number of likely N-dealkylation sites (tertiary alicyclic amines) is 1. The van der Waals surface area contributed by atoms with Crippen LogP contribution < -0.4 is 11.1 Å². The number of urea groups is 1. The quantitative estimate of drug-likeness (QED) is 0.702. The van der Waals surface area contributed by atoms with E-state index >= 15 is 0 Å². The van der Waals surface area contributed by atoms with E-state index in [2.05, 4.69) is 19.2 Å². The van der Waals surface area contributed by atoms with Crippen LogP contribution in [0, 0.1) is 5.92 Å². The summed E-state index contributed by atoms with van der Waals surface area (Å²) in [5, 5.41) is 3.42. The van der Waals surface area contributed by atoms with E-state index in [0.717, 1.165) is 25.9 Å². The van der Waals surface area contributed by atoms with Gasteiger partial charge in [0.2, 0.25) is 5.91 Å². The molecule has 0 bridgehead atoms. The molecule has 3 N–H and O–H groups in total. The Hall–Kier alpha value is -1.30. The Morgan fingerprint density at radius 2 is 1.74 bits per heavy atom. The molecule has 2 rings (SSSR count). The van der Waals surface area contributed by atoms with Crippen LogP contribution in [-0.2, 0) is 4.79 Å². The first-order valence-corrected chi connectivity index (χ1v) is 7.06. The van der Waals surface area contributed by atoms with Crippen molar-refractivity contribution in [2.75, 3.05) is 26.2 Å². The molecule has 0 spiro atoms. The first-order chi connectivity index (χ1) is 8.97. The highest BCUT2D eigenvalue weighted by Gasteiger charge is 2.33. The van der Waals surface area contributed by atoms with Crippen LogP contribution in [0.3, 0.4) is 0 Å². The van der Waals surface area contributed by atoms with Gasteiger partial charge in [-0.05, 0) is 26.7 Å². The molecule has 2 heterocycles. The molecule has 2 fully saturated rings. The van der Waals surface area contributed by atoms with Crippen molar-refractivity contribution >= 4 is 11.9 Å². The summed E-state index contributed by atoms with van der Waals surface area (Å²) in [5.74, 6) is 0.0879. The molecule has 19 heavy (non-hydrogen) atoms. The second-order valence-corrected chi connectivity index (χ2v) is 5.84. The number of nitrogens with two attached hydrogens (primary N) is 1. The Balaban J connectivity index is 1.96. The molecule has 0 radical (unpaired) electrons. The lowest BCUT2D eigenvalue weighted by Gasteiger charge is -2.39. The maximum Gasteiger partial charge on any atom is 0.314 e. The maximum atomic E-state index is 12.5. The van der Waals surface area contributed by atoms with Gasteiger partial charge in [-0.2, -0.15) is 0 Å². The van der Waals surface area contributed by atoms with Crippen LogP contribution >= 0.6 is 0 Å². The number of carbonyl (C=O) groups is 2. The number of rotatable bonds is 1. The van der Waals surface area contributed by atoms with Gasteiger partial charge in [-0.15, -0.1) is 0 Å². The molecule has 2 saturated heterocycles. The molecule has 3 amide bonds. The number of nitrogens with zero attached hydrogens (tertiary/aromatic N) is 2. The van der Waals surface area contributed by atoms with Crippen LogP contribution in [-0.4, -0.2) is 60.0 Å². The highest BCUT2D eigenvalue weighted by molar-refractivity contribution is 5.80. The number of amides is 3. The van der Waals surface area contributed by atoms with Gasteiger partial charge in [0.1, 0.15) is 0 Å². The largest absolute Gasteiger partial charge is 0.351 e. The second-order valence-electron chi connectivity index (χ2n) is 5.84. The lowest BCUT2D eigenvalue weighted by molar-refractivity contribution is -0.138. The van der Waals surface area contributed by atoms with Crippen LogP contribution in [0.1, 0.15) is 26.7 Å². The number of nitrogens with one attached hydrogen (secondary N) is 1. The monoisotopic (exact) mass is 268 g/mol. The van der Waals surface area contributed by atoms with E-state index < -0.39 is 6.03 Å². The molecule has 0 saturated carbocycles. The van der Waals surface area contributed by atoms with E-state index in [4.69, 9.17) is 5.73 Å². The van der Waals surface area contributed by atoms with Gasteiger partial charge in [0.05, 0.1) is 5.92 Å². The van der Waals surface area contributed by atoms with E-state index in [-0.39, 0.29) is 11.8 Å². The van der Waals surface area contributed by atoms with Crippen molar-refractivity contribution in [1.82, 2.24) is 15.1 Å². The molecule has 0 aliphatic carbocycles. The van der Waals surface area contributed by atoms with Gasteiger partial charge in [-0.1, -0.05) is 0 Å². The van der Waals surface area contributed by atoms with Gasteiger partial charge < -0.3 is 20.9 Å². The Morgan fingerprint density at radius 1 is 1.11 bits per heavy atom. The maximum absolute atomic E-state index is 12.5. The fourth-order valence-corrected chi connectivity index (χ4v) is 3.14. The number of carbonyl (C=O) groups excluding carboxylic acids is 2. The van der Waals surface area contributed by atoms with Crippen LogP contribution in [0.2, 0.25) is 0 Å². The summed E-state index contributed by atoms with van der Waals surface area (Å²) in [5.41, 5.74) is 5.30. The zero-order valence-corrected chi connectivity index (χ0v) is 11.8. The summed E-state index contributed by atoms with van der Waals surface area (Å²) < 4.78 is 0. The number of hydrogen-bond donors (Lipinski definition) is 2. The third kappa shape index (κ3) is 3.37. The van der Waals surface area contributed by atoms with Crippen molar-refractivity contribution in [2.24, 2.45) is 11.7 Å². The second kappa shape index (κ2) is 5.77. The van der Waals surface area contributed by atoms with Crippen LogP contribution in [0.25, 0.3) is 0 Å². The van der Waals surface area contributed by atoms with Gasteiger partial charge in [-0.3, -0.25) is 4.79 Å². The van der Waals surface area contributed by atoms with Crippen LogP contribution in [0.4, 0.5) is 4.79 Å². The van der Waals surface area contributed by atoms with Crippen molar-refractivity contribution in [3.63, 3.8) is 0 Å². The third-order valence-electron chi connectivity index (χ3n) is 3.95. The van der Waals surface area contributed by atoms with Gasteiger partial charge in [-0.25, -0.2) is 4.79 Å². The van der Waals surface area contributed by atoms with Gasteiger partial charge in [0, 0.05) is 38.3 Å². The van der Waals surface area contributed by atoms with Crippen molar-refractivity contribution in [3.8, 4) is 0 Å². The Labute approximate surface area is 114 Å². The summed E-state index contributed by atoms with van der Waals surface area (Å²) in [6.07, 6.45) is 1.71. The van der Waals surface area contributed by atoms with Crippen molar-refractivity contribution < 1.29 is 9.59 Å².